The Bertz CT molecular complexity index is 322. The van der Waals surface area contributed by atoms with Gasteiger partial charge in [0.15, 0.2) is 5.78 Å². The van der Waals surface area contributed by atoms with Crippen molar-refractivity contribution in [3.63, 3.8) is 0 Å². The predicted molar refractivity (Wildman–Crippen MR) is 55.2 cm³/mol. The van der Waals surface area contributed by atoms with Crippen molar-refractivity contribution < 1.29 is 14.3 Å². The molecule has 4 nitrogen and oxygen atoms in total. The number of Topliss-reactive ketones (excluding diaryl/α,β-unsaturated/α-hetero) is 1. The Morgan fingerprint density at radius 2 is 2.20 bits per heavy atom. The zero-order chi connectivity index (χ0) is 11.6. The van der Waals surface area contributed by atoms with Crippen LogP contribution in [-0.4, -0.2) is 35.0 Å². The van der Waals surface area contributed by atoms with Crippen LogP contribution in [0.3, 0.4) is 0 Å². The van der Waals surface area contributed by atoms with Gasteiger partial charge in [-0.05, 0) is 20.8 Å². The van der Waals surface area contributed by atoms with Crippen LogP contribution in [0.5, 0.6) is 0 Å². The Balaban J connectivity index is 2.68. The average Bonchev–Trinajstić information content (AvgIpc) is 2.43. The largest absolute Gasteiger partial charge is 0.444 e. The molecule has 0 aromatic carbocycles. The molecule has 0 bridgehead atoms. The van der Waals surface area contributed by atoms with Crippen molar-refractivity contribution in [1.29, 1.82) is 0 Å². The zero-order valence-electron chi connectivity index (χ0n) is 9.24. The number of carbonyl (C=O) groups excluding carboxylic acids is 2. The smallest absolute Gasteiger partial charge is 0.411 e. The number of ketones is 1. The molecule has 1 aliphatic heterocycles. The fourth-order valence-electron chi connectivity index (χ4n) is 1.35. The second-order valence-electron chi connectivity index (χ2n) is 4.53. The third-order valence-electron chi connectivity index (χ3n) is 1.96. The van der Waals surface area contributed by atoms with Gasteiger partial charge in [-0.25, -0.2) is 4.79 Å². The van der Waals surface area contributed by atoms with Crippen LogP contribution in [0.1, 0.15) is 27.2 Å². The third kappa shape index (κ3) is 2.98. The van der Waals surface area contributed by atoms with Crippen molar-refractivity contribution >= 4 is 11.9 Å². The van der Waals surface area contributed by atoms with Crippen LogP contribution >= 0.6 is 0 Å². The van der Waals surface area contributed by atoms with Crippen LogP contribution in [0.25, 0.3) is 0 Å². The van der Waals surface area contributed by atoms with E-state index >= 15 is 0 Å². The summed E-state index contributed by atoms with van der Waals surface area (Å²) in [6.45, 7) is 5.37. The van der Waals surface area contributed by atoms with E-state index in [1.54, 1.807) is 20.8 Å². The van der Waals surface area contributed by atoms with Gasteiger partial charge in [0, 0.05) is 6.42 Å². The molecule has 0 aromatic rings. The van der Waals surface area contributed by atoms with Crippen molar-refractivity contribution in [3.8, 4) is 12.3 Å². The van der Waals surface area contributed by atoms with Gasteiger partial charge in [-0.2, -0.15) is 0 Å². The monoisotopic (exact) mass is 209 g/mol. The lowest BCUT2D eigenvalue weighted by Crippen LogP contribution is -2.39. The number of nitrogens with zero attached hydrogens (tertiary/aromatic N) is 1. The Hall–Kier alpha value is -1.50. The summed E-state index contributed by atoms with van der Waals surface area (Å²) >= 11 is 0. The van der Waals surface area contributed by atoms with Crippen molar-refractivity contribution in [2.45, 2.75) is 38.8 Å². The highest BCUT2D eigenvalue weighted by Crippen LogP contribution is 2.18. The molecular formula is C11H15NO3. The Labute approximate surface area is 89.6 Å². The van der Waals surface area contributed by atoms with Crippen LogP contribution in [-0.2, 0) is 9.53 Å². The summed E-state index contributed by atoms with van der Waals surface area (Å²) in [7, 11) is 0. The van der Waals surface area contributed by atoms with Crippen LogP contribution < -0.4 is 0 Å². The predicted octanol–water partition coefficient (Wildman–Crippen LogP) is 1.20. The van der Waals surface area contributed by atoms with E-state index in [2.05, 4.69) is 5.92 Å². The van der Waals surface area contributed by atoms with E-state index in [-0.39, 0.29) is 18.7 Å². The maximum Gasteiger partial charge on any atom is 0.411 e. The summed E-state index contributed by atoms with van der Waals surface area (Å²) in [6, 6.07) is -0.452. The summed E-state index contributed by atoms with van der Waals surface area (Å²) in [5.74, 6) is 2.39. The minimum Gasteiger partial charge on any atom is -0.444 e. The molecule has 1 saturated heterocycles. The van der Waals surface area contributed by atoms with E-state index in [4.69, 9.17) is 11.2 Å². The molecule has 82 valence electrons. The van der Waals surface area contributed by atoms with Gasteiger partial charge in [-0.3, -0.25) is 9.69 Å². The average molecular weight is 209 g/mol. The molecule has 1 heterocycles. The first kappa shape index (κ1) is 11.6. The number of likely N-dealkylation sites (tertiary alicyclic amines) is 1. The molecule has 0 aromatic heterocycles. The van der Waals surface area contributed by atoms with E-state index in [1.807, 2.05) is 0 Å². The first-order chi connectivity index (χ1) is 6.83. The van der Waals surface area contributed by atoms with Crippen molar-refractivity contribution in [1.82, 2.24) is 4.90 Å². The summed E-state index contributed by atoms with van der Waals surface area (Å²) < 4.78 is 5.14. The van der Waals surface area contributed by atoms with Gasteiger partial charge in [0.1, 0.15) is 11.6 Å². The zero-order valence-corrected chi connectivity index (χ0v) is 9.24. The highest BCUT2D eigenvalue weighted by Gasteiger charge is 2.35. The lowest BCUT2D eigenvalue weighted by molar-refractivity contribution is -0.117. The molecule has 4 heteroatoms. The molecule has 0 spiro atoms. The number of hydrogen-bond donors (Lipinski definition) is 0. The van der Waals surface area contributed by atoms with Crippen LogP contribution in [0.4, 0.5) is 4.79 Å². The van der Waals surface area contributed by atoms with Gasteiger partial charge in [0.05, 0.1) is 6.54 Å². The highest BCUT2D eigenvalue weighted by molar-refractivity contribution is 5.89. The molecule has 0 saturated carbocycles. The van der Waals surface area contributed by atoms with Crippen molar-refractivity contribution in [3.05, 3.63) is 0 Å². The minimum absolute atomic E-state index is 0.0243. The van der Waals surface area contributed by atoms with Gasteiger partial charge >= 0.3 is 6.09 Å². The maximum absolute atomic E-state index is 11.6. The highest BCUT2D eigenvalue weighted by atomic mass is 16.6. The van der Waals surface area contributed by atoms with Crippen molar-refractivity contribution in [2.24, 2.45) is 0 Å². The molecule has 1 amide bonds. The lowest BCUT2D eigenvalue weighted by atomic mass is 10.2. The second kappa shape index (κ2) is 3.93. The third-order valence-corrected chi connectivity index (χ3v) is 1.96. The van der Waals surface area contributed by atoms with Gasteiger partial charge in [0.2, 0.25) is 0 Å². The quantitative estimate of drug-likeness (QED) is 0.563. The van der Waals surface area contributed by atoms with E-state index < -0.39 is 17.7 Å². The molecule has 0 N–H and O–H groups in total. The summed E-state index contributed by atoms with van der Waals surface area (Å²) in [5.41, 5.74) is -0.568. The Kier molecular flexibility index (Phi) is 3.04. The summed E-state index contributed by atoms with van der Waals surface area (Å²) in [5, 5.41) is 0. The number of terminal acetylenes is 1. The maximum atomic E-state index is 11.6. The molecule has 0 radical (unpaired) electrons. The van der Waals surface area contributed by atoms with Gasteiger partial charge in [-0.15, -0.1) is 6.42 Å². The SMILES string of the molecule is C#CC1CC(=O)CN1C(=O)OC(C)(C)C. The van der Waals surface area contributed by atoms with Gasteiger partial charge in [0.25, 0.3) is 0 Å². The van der Waals surface area contributed by atoms with E-state index in [1.165, 1.54) is 4.90 Å². The van der Waals surface area contributed by atoms with E-state index in [0.717, 1.165) is 0 Å². The number of carbonyl (C=O) groups is 2. The first-order valence-electron chi connectivity index (χ1n) is 4.81. The van der Waals surface area contributed by atoms with E-state index in [0.29, 0.717) is 0 Å². The fraction of sp³-hybridized carbons (Fsp3) is 0.636. The molecule has 1 aliphatic rings. The molecule has 1 fully saturated rings. The second-order valence-corrected chi connectivity index (χ2v) is 4.53. The lowest BCUT2D eigenvalue weighted by Gasteiger charge is -2.25. The topological polar surface area (TPSA) is 46.6 Å². The van der Waals surface area contributed by atoms with Gasteiger partial charge < -0.3 is 4.74 Å². The summed E-state index contributed by atoms with van der Waals surface area (Å²) in [6.07, 6.45) is 4.95. The normalized spacial score (nSPS) is 21.3. The fourth-order valence-corrected chi connectivity index (χ4v) is 1.35. The van der Waals surface area contributed by atoms with Crippen molar-refractivity contribution in [2.75, 3.05) is 6.54 Å². The minimum atomic E-state index is -0.568. The van der Waals surface area contributed by atoms with Crippen LogP contribution in [0.15, 0.2) is 0 Å². The van der Waals surface area contributed by atoms with Crippen LogP contribution in [0, 0.1) is 12.3 Å². The number of ether oxygens (including phenoxy) is 1. The number of amides is 1. The Morgan fingerprint density at radius 3 is 2.67 bits per heavy atom. The Morgan fingerprint density at radius 1 is 1.60 bits per heavy atom. The number of hydrogen-bond acceptors (Lipinski definition) is 3. The first-order valence-corrected chi connectivity index (χ1v) is 4.81. The van der Waals surface area contributed by atoms with Crippen LogP contribution in [0.2, 0.25) is 0 Å². The molecule has 15 heavy (non-hydrogen) atoms. The van der Waals surface area contributed by atoms with E-state index in [9.17, 15) is 9.59 Å². The molecular weight excluding hydrogens is 194 g/mol. The molecule has 1 atom stereocenters. The molecule has 1 unspecified atom stereocenters. The van der Waals surface area contributed by atoms with Gasteiger partial charge in [-0.1, -0.05) is 5.92 Å². The molecule has 1 rings (SSSR count). The number of rotatable bonds is 0. The summed E-state index contributed by atoms with van der Waals surface area (Å²) in [4.78, 5) is 24.1. The standard InChI is InChI=1S/C11H15NO3/c1-5-8-6-9(13)7-12(8)10(14)15-11(2,3)4/h1,8H,6-7H2,2-4H3. The molecule has 0 aliphatic carbocycles.